The summed E-state index contributed by atoms with van der Waals surface area (Å²) in [6, 6.07) is 8.51. The predicted octanol–water partition coefficient (Wildman–Crippen LogP) is 2.67. The van der Waals surface area contributed by atoms with E-state index in [1.807, 2.05) is 30.3 Å². The lowest BCUT2D eigenvalue weighted by Crippen LogP contribution is -2.47. The molecule has 1 aromatic rings. The van der Waals surface area contributed by atoms with Crippen LogP contribution in [0.2, 0.25) is 0 Å². The van der Waals surface area contributed by atoms with E-state index in [1.165, 1.54) is 4.90 Å². The highest BCUT2D eigenvalue weighted by atomic mass is 16.6. The third-order valence-corrected chi connectivity index (χ3v) is 3.53. The van der Waals surface area contributed by atoms with Gasteiger partial charge in [0.15, 0.2) is 6.04 Å². The molecule has 1 aliphatic rings. The second kappa shape index (κ2) is 7.00. The van der Waals surface area contributed by atoms with E-state index in [4.69, 9.17) is 9.47 Å². The summed E-state index contributed by atoms with van der Waals surface area (Å²) in [5.74, 6) is -1.08. The normalized spacial score (nSPS) is 21.3. The Balaban J connectivity index is 2.01. The fourth-order valence-corrected chi connectivity index (χ4v) is 2.53. The number of carboxylic acids is 1. The zero-order valence-corrected chi connectivity index (χ0v) is 13.7. The number of amides is 1. The van der Waals surface area contributed by atoms with Crippen LogP contribution in [-0.2, 0) is 20.9 Å². The number of nitrogens with zero attached hydrogens (tertiary/aromatic N) is 1. The molecule has 126 valence electrons. The summed E-state index contributed by atoms with van der Waals surface area (Å²) in [6.07, 6.45) is -0.681. The smallest absolute Gasteiger partial charge is 0.411 e. The van der Waals surface area contributed by atoms with Crippen molar-refractivity contribution >= 4 is 12.1 Å². The van der Waals surface area contributed by atoms with Crippen molar-refractivity contribution in [1.29, 1.82) is 0 Å². The second-order valence-electron chi connectivity index (χ2n) is 6.58. The number of carboxylic acid groups (broad SMARTS) is 1. The van der Waals surface area contributed by atoms with Crippen LogP contribution in [0.25, 0.3) is 0 Å². The summed E-state index contributed by atoms with van der Waals surface area (Å²) in [6.45, 7) is 5.88. The molecule has 1 unspecified atom stereocenters. The number of ether oxygens (including phenoxy) is 2. The number of likely N-dealkylation sites (tertiary alicyclic amines) is 1. The van der Waals surface area contributed by atoms with Gasteiger partial charge in [-0.15, -0.1) is 0 Å². The first kappa shape index (κ1) is 17.3. The molecule has 2 rings (SSSR count). The molecular formula is C17H23NO5. The Kier molecular flexibility index (Phi) is 5.26. The molecule has 0 radical (unpaired) electrons. The number of hydrogen-bond donors (Lipinski definition) is 1. The van der Waals surface area contributed by atoms with Crippen molar-refractivity contribution in [2.45, 2.75) is 51.5 Å². The van der Waals surface area contributed by atoms with Crippen LogP contribution >= 0.6 is 0 Å². The molecule has 1 aliphatic heterocycles. The molecule has 6 heteroatoms. The maximum atomic E-state index is 12.2. The van der Waals surface area contributed by atoms with E-state index in [2.05, 4.69) is 0 Å². The van der Waals surface area contributed by atoms with Gasteiger partial charge < -0.3 is 14.6 Å². The fraction of sp³-hybridized carbons (Fsp3) is 0.529. The van der Waals surface area contributed by atoms with Crippen molar-refractivity contribution < 1.29 is 24.2 Å². The first-order chi connectivity index (χ1) is 10.8. The van der Waals surface area contributed by atoms with Crippen molar-refractivity contribution in [3.63, 3.8) is 0 Å². The molecule has 0 saturated carbocycles. The van der Waals surface area contributed by atoms with Gasteiger partial charge in [-0.05, 0) is 32.8 Å². The average Bonchev–Trinajstić information content (AvgIpc) is 2.88. The molecule has 0 aliphatic carbocycles. The average molecular weight is 321 g/mol. The molecule has 6 nitrogen and oxygen atoms in total. The quantitative estimate of drug-likeness (QED) is 0.922. The summed E-state index contributed by atoms with van der Waals surface area (Å²) in [7, 11) is 0. The third-order valence-electron chi connectivity index (χ3n) is 3.53. The summed E-state index contributed by atoms with van der Waals surface area (Å²) in [5, 5.41) is 9.47. The molecule has 1 amide bonds. The molecule has 1 N–H and O–H groups in total. The first-order valence-electron chi connectivity index (χ1n) is 7.66. The highest BCUT2D eigenvalue weighted by Crippen LogP contribution is 2.25. The lowest BCUT2D eigenvalue weighted by molar-refractivity contribution is -0.146. The Morgan fingerprint density at radius 2 is 1.91 bits per heavy atom. The standard InChI is InChI=1S/C17H23NO5/c1-17(2,3)23-16(21)18-10-9-13(14(18)15(19)20)22-11-12-7-5-4-6-8-12/h4-8,13-14H,9-11H2,1-3H3,(H,19,20)/t13?,14-/m0/s1. The van der Waals surface area contributed by atoms with Gasteiger partial charge in [-0.2, -0.15) is 0 Å². The highest BCUT2D eigenvalue weighted by Gasteiger charge is 2.44. The van der Waals surface area contributed by atoms with Crippen LogP contribution in [0, 0.1) is 0 Å². The molecular weight excluding hydrogens is 298 g/mol. The Hall–Kier alpha value is -2.08. The molecule has 2 atom stereocenters. The van der Waals surface area contributed by atoms with Crippen molar-refractivity contribution in [2.75, 3.05) is 6.54 Å². The number of aliphatic carboxylic acids is 1. The lowest BCUT2D eigenvalue weighted by Gasteiger charge is -2.28. The highest BCUT2D eigenvalue weighted by molar-refractivity contribution is 5.81. The van der Waals surface area contributed by atoms with Crippen LogP contribution in [0.5, 0.6) is 0 Å². The van der Waals surface area contributed by atoms with Gasteiger partial charge >= 0.3 is 12.1 Å². The topological polar surface area (TPSA) is 76.1 Å². The summed E-state index contributed by atoms with van der Waals surface area (Å²) >= 11 is 0. The third kappa shape index (κ3) is 4.69. The van der Waals surface area contributed by atoms with Gasteiger partial charge in [0.25, 0.3) is 0 Å². The van der Waals surface area contributed by atoms with E-state index < -0.39 is 29.8 Å². The van der Waals surface area contributed by atoms with Crippen LogP contribution in [-0.4, -0.2) is 46.4 Å². The van der Waals surface area contributed by atoms with Crippen LogP contribution in [0.1, 0.15) is 32.8 Å². The Morgan fingerprint density at radius 3 is 2.48 bits per heavy atom. The number of hydrogen-bond acceptors (Lipinski definition) is 4. The van der Waals surface area contributed by atoms with E-state index >= 15 is 0 Å². The van der Waals surface area contributed by atoms with E-state index in [-0.39, 0.29) is 0 Å². The minimum absolute atomic E-state index is 0.311. The van der Waals surface area contributed by atoms with Crippen LogP contribution in [0.3, 0.4) is 0 Å². The number of rotatable bonds is 4. The van der Waals surface area contributed by atoms with E-state index in [9.17, 15) is 14.7 Å². The summed E-state index contributed by atoms with van der Waals surface area (Å²) in [5.41, 5.74) is 0.302. The predicted molar refractivity (Wildman–Crippen MR) is 84.0 cm³/mol. The van der Waals surface area contributed by atoms with Crippen molar-refractivity contribution in [3.05, 3.63) is 35.9 Å². The van der Waals surface area contributed by atoms with E-state index in [0.29, 0.717) is 19.6 Å². The number of carbonyl (C=O) groups excluding carboxylic acids is 1. The Labute approximate surface area is 136 Å². The molecule has 1 fully saturated rings. The summed E-state index contributed by atoms with van der Waals surface area (Å²) < 4.78 is 11.0. The van der Waals surface area contributed by atoms with Crippen LogP contribution in [0.15, 0.2) is 30.3 Å². The van der Waals surface area contributed by atoms with Gasteiger partial charge in [0.2, 0.25) is 0 Å². The van der Waals surface area contributed by atoms with Gasteiger partial charge in [-0.1, -0.05) is 30.3 Å². The Bertz CT molecular complexity index is 552. The molecule has 1 saturated heterocycles. The monoisotopic (exact) mass is 321 g/mol. The number of benzene rings is 1. The maximum Gasteiger partial charge on any atom is 0.411 e. The van der Waals surface area contributed by atoms with E-state index in [0.717, 1.165) is 5.56 Å². The fourth-order valence-electron chi connectivity index (χ4n) is 2.53. The number of carbonyl (C=O) groups is 2. The van der Waals surface area contributed by atoms with Gasteiger partial charge in [0.05, 0.1) is 12.7 Å². The summed E-state index contributed by atoms with van der Waals surface area (Å²) in [4.78, 5) is 25.0. The maximum absolute atomic E-state index is 12.2. The van der Waals surface area contributed by atoms with Gasteiger partial charge in [0.1, 0.15) is 5.60 Å². The van der Waals surface area contributed by atoms with Crippen molar-refractivity contribution in [1.82, 2.24) is 4.90 Å². The van der Waals surface area contributed by atoms with Crippen LogP contribution < -0.4 is 0 Å². The van der Waals surface area contributed by atoms with Gasteiger partial charge in [-0.25, -0.2) is 9.59 Å². The largest absolute Gasteiger partial charge is 0.480 e. The molecule has 0 bridgehead atoms. The van der Waals surface area contributed by atoms with Crippen LogP contribution in [0.4, 0.5) is 4.79 Å². The Morgan fingerprint density at radius 1 is 1.26 bits per heavy atom. The first-order valence-corrected chi connectivity index (χ1v) is 7.66. The minimum Gasteiger partial charge on any atom is -0.480 e. The van der Waals surface area contributed by atoms with Gasteiger partial charge in [0, 0.05) is 6.54 Å². The van der Waals surface area contributed by atoms with Gasteiger partial charge in [-0.3, -0.25) is 4.90 Å². The molecule has 1 aromatic carbocycles. The second-order valence-corrected chi connectivity index (χ2v) is 6.58. The zero-order valence-electron chi connectivity index (χ0n) is 13.7. The lowest BCUT2D eigenvalue weighted by atomic mass is 10.1. The molecule has 0 spiro atoms. The minimum atomic E-state index is -1.08. The van der Waals surface area contributed by atoms with E-state index in [1.54, 1.807) is 20.8 Å². The molecule has 23 heavy (non-hydrogen) atoms. The zero-order chi connectivity index (χ0) is 17.0. The SMILES string of the molecule is CC(C)(C)OC(=O)N1CCC(OCc2ccccc2)[C@H]1C(=O)O. The molecule has 1 heterocycles. The van der Waals surface area contributed by atoms with Crippen molar-refractivity contribution in [2.24, 2.45) is 0 Å². The molecule has 0 aromatic heterocycles. The van der Waals surface area contributed by atoms with Crippen molar-refractivity contribution in [3.8, 4) is 0 Å².